The van der Waals surface area contributed by atoms with Gasteiger partial charge in [-0.3, -0.25) is 10.1 Å². The van der Waals surface area contributed by atoms with Gasteiger partial charge < -0.3 is 9.26 Å². The van der Waals surface area contributed by atoms with Crippen molar-refractivity contribution in [3.05, 3.63) is 46.9 Å². The van der Waals surface area contributed by atoms with E-state index in [9.17, 15) is 14.0 Å². The lowest BCUT2D eigenvalue weighted by atomic mass is 10.2. The fourth-order valence-electron chi connectivity index (χ4n) is 1.68. The topological polar surface area (TPSA) is 81.4 Å². The first-order valence-electron chi connectivity index (χ1n) is 6.23. The predicted octanol–water partition coefficient (Wildman–Crippen LogP) is 2.55. The SMILES string of the molecule is CCOC(=O)c1c(C)noc1NC(=O)c1ccc(F)cc1. The molecule has 0 unspecified atom stereocenters. The average molecular weight is 292 g/mol. The molecule has 0 aliphatic rings. The van der Waals surface area contributed by atoms with Crippen LogP contribution in [0, 0.1) is 12.7 Å². The summed E-state index contributed by atoms with van der Waals surface area (Å²) in [5.74, 6) is -1.73. The maximum atomic E-state index is 12.8. The van der Waals surface area contributed by atoms with E-state index in [0.717, 1.165) is 12.1 Å². The second kappa shape index (κ2) is 6.17. The van der Waals surface area contributed by atoms with Crippen LogP contribution < -0.4 is 5.32 Å². The summed E-state index contributed by atoms with van der Waals surface area (Å²) in [5, 5.41) is 6.05. The minimum atomic E-state index is -0.634. The van der Waals surface area contributed by atoms with Crippen LogP contribution in [0.2, 0.25) is 0 Å². The van der Waals surface area contributed by atoms with Gasteiger partial charge in [0.05, 0.1) is 12.3 Å². The first-order valence-corrected chi connectivity index (χ1v) is 6.23. The molecular weight excluding hydrogens is 279 g/mol. The summed E-state index contributed by atoms with van der Waals surface area (Å²) in [4.78, 5) is 23.8. The molecule has 110 valence electrons. The normalized spacial score (nSPS) is 10.2. The second-order valence-corrected chi connectivity index (χ2v) is 4.15. The number of carbonyl (C=O) groups is 2. The van der Waals surface area contributed by atoms with Gasteiger partial charge in [0.1, 0.15) is 11.4 Å². The van der Waals surface area contributed by atoms with Gasteiger partial charge in [-0.05, 0) is 38.1 Å². The minimum Gasteiger partial charge on any atom is -0.462 e. The fourth-order valence-corrected chi connectivity index (χ4v) is 1.68. The van der Waals surface area contributed by atoms with E-state index >= 15 is 0 Å². The summed E-state index contributed by atoms with van der Waals surface area (Å²) in [5.41, 5.74) is 0.593. The standard InChI is InChI=1S/C14H13FN2O4/c1-3-20-14(19)11-8(2)17-21-13(11)16-12(18)9-4-6-10(15)7-5-9/h4-7H,3H2,1-2H3,(H,16,18). The molecule has 1 amide bonds. The number of aromatic nitrogens is 1. The quantitative estimate of drug-likeness (QED) is 0.876. The van der Waals surface area contributed by atoms with Crippen LogP contribution in [0.5, 0.6) is 0 Å². The largest absolute Gasteiger partial charge is 0.462 e. The van der Waals surface area contributed by atoms with Crippen molar-refractivity contribution in [1.82, 2.24) is 5.16 Å². The summed E-state index contributed by atoms with van der Waals surface area (Å²) in [6.45, 7) is 3.41. The number of nitrogens with zero attached hydrogens (tertiary/aromatic N) is 1. The van der Waals surface area contributed by atoms with Crippen LogP contribution in [0.15, 0.2) is 28.8 Å². The first-order chi connectivity index (χ1) is 10.0. The number of benzene rings is 1. The van der Waals surface area contributed by atoms with E-state index in [1.54, 1.807) is 13.8 Å². The monoisotopic (exact) mass is 292 g/mol. The number of anilines is 1. The molecule has 1 heterocycles. The molecule has 2 rings (SSSR count). The highest BCUT2D eigenvalue weighted by atomic mass is 19.1. The summed E-state index contributed by atoms with van der Waals surface area (Å²) >= 11 is 0. The van der Waals surface area contributed by atoms with Crippen molar-refractivity contribution in [3.8, 4) is 0 Å². The van der Waals surface area contributed by atoms with Crippen molar-refractivity contribution < 1.29 is 23.2 Å². The van der Waals surface area contributed by atoms with Crippen LogP contribution in [0.25, 0.3) is 0 Å². The van der Waals surface area contributed by atoms with Crippen molar-refractivity contribution in [2.24, 2.45) is 0 Å². The van der Waals surface area contributed by atoms with Crippen LogP contribution in [0.1, 0.15) is 33.3 Å². The smallest absolute Gasteiger partial charge is 0.345 e. The number of rotatable bonds is 4. The molecule has 0 saturated carbocycles. The Hall–Kier alpha value is -2.70. The van der Waals surface area contributed by atoms with Crippen molar-refractivity contribution in [2.75, 3.05) is 11.9 Å². The van der Waals surface area contributed by atoms with Gasteiger partial charge in [-0.1, -0.05) is 5.16 Å². The summed E-state index contributed by atoms with van der Waals surface area (Å²) in [7, 11) is 0. The number of hydrogen-bond donors (Lipinski definition) is 1. The average Bonchev–Trinajstić information content (AvgIpc) is 2.80. The van der Waals surface area contributed by atoms with E-state index in [0.29, 0.717) is 5.69 Å². The van der Waals surface area contributed by atoms with Crippen LogP contribution in [-0.2, 0) is 4.74 Å². The second-order valence-electron chi connectivity index (χ2n) is 4.15. The van der Waals surface area contributed by atoms with Crippen LogP contribution >= 0.6 is 0 Å². The molecule has 1 aromatic heterocycles. The van der Waals surface area contributed by atoms with E-state index in [-0.39, 0.29) is 23.6 Å². The highest BCUT2D eigenvalue weighted by Gasteiger charge is 2.23. The fraction of sp³-hybridized carbons (Fsp3) is 0.214. The minimum absolute atomic E-state index is 0.0623. The van der Waals surface area contributed by atoms with Crippen molar-refractivity contribution in [1.29, 1.82) is 0 Å². The van der Waals surface area contributed by atoms with Crippen molar-refractivity contribution in [3.63, 3.8) is 0 Å². The Morgan fingerprint density at radius 3 is 2.62 bits per heavy atom. The molecule has 0 aliphatic heterocycles. The zero-order chi connectivity index (χ0) is 15.4. The van der Waals surface area contributed by atoms with E-state index in [1.807, 2.05) is 0 Å². The molecule has 1 N–H and O–H groups in total. The molecule has 0 aliphatic carbocycles. The molecule has 0 atom stereocenters. The molecule has 1 aromatic carbocycles. The maximum Gasteiger partial charge on any atom is 0.345 e. The van der Waals surface area contributed by atoms with Crippen LogP contribution in [0.3, 0.4) is 0 Å². The molecule has 6 nitrogen and oxygen atoms in total. The molecule has 0 fully saturated rings. The molecule has 0 saturated heterocycles. The number of halogens is 1. The van der Waals surface area contributed by atoms with Crippen LogP contribution in [0.4, 0.5) is 10.3 Å². The van der Waals surface area contributed by atoms with Gasteiger partial charge in [-0.25, -0.2) is 9.18 Å². The Balaban J connectivity index is 2.22. The highest BCUT2D eigenvalue weighted by molar-refractivity contribution is 6.07. The van der Waals surface area contributed by atoms with Crippen molar-refractivity contribution >= 4 is 17.8 Å². The third-order valence-corrected chi connectivity index (χ3v) is 2.68. The highest BCUT2D eigenvalue weighted by Crippen LogP contribution is 2.21. The number of aryl methyl sites for hydroxylation is 1. The Morgan fingerprint density at radius 1 is 1.33 bits per heavy atom. The number of nitrogens with one attached hydrogen (secondary N) is 1. The summed E-state index contributed by atoms with van der Waals surface area (Å²) in [6.07, 6.45) is 0. The van der Waals surface area contributed by atoms with E-state index in [4.69, 9.17) is 9.26 Å². The van der Waals surface area contributed by atoms with Gasteiger partial charge in [-0.15, -0.1) is 0 Å². The molecule has 0 spiro atoms. The van der Waals surface area contributed by atoms with Gasteiger partial charge in [0.2, 0.25) is 5.88 Å². The molecule has 7 heteroatoms. The molecular formula is C14H13FN2O4. The summed E-state index contributed by atoms with van der Waals surface area (Å²) in [6, 6.07) is 4.95. The van der Waals surface area contributed by atoms with Crippen molar-refractivity contribution in [2.45, 2.75) is 13.8 Å². The lowest BCUT2D eigenvalue weighted by Crippen LogP contribution is -2.15. The zero-order valence-electron chi connectivity index (χ0n) is 11.5. The Bertz CT molecular complexity index is 664. The van der Waals surface area contributed by atoms with Gasteiger partial charge >= 0.3 is 5.97 Å². The molecule has 0 bridgehead atoms. The van der Waals surface area contributed by atoms with Gasteiger partial charge in [0, 0.05) is 5.56 Å². The van der Waals surface area contributed by atoms with Gasteiger partial charge in [-0.2, -0.15) is 0 Å². The number of amides is 1. The Labute approximate surface area is 119 Å². The molecule has 0 radical (unpaired) electrons. The Morgan fingerprint density at radius 2 is 2.00 bits per heavy atom. The molecule has 21 heavy (non-hydrogen) atoms. The lowest BCUT2D eigenvalue weighted by molar-refractivity contribution is 0.0526. The number of carbonyl (C=O) groups excluding carboxylic acids is 2. The number of hydrogen-bond acceptors (Lipinski definition) is 5. The lowest BCUT2D eigenvalue weighted by Gasteiger charge is -2.04. The van der Waals surface area contributed by atoms with E-state index in [1.165, 1.54) is 12.1 Å². The zero-order valence-corrected chi connectivity index (χ0v) is 11.5. The predicted molar refractivity (Wildman–Crippen MR) is 71.5 cm³/mol. The number of ether oxygens (including phenoxy) is 1. The third kappa shape index (κ3) is 3.25. The maximum absolute atomic E-state index is 12.8. The van der Waals surface area contributed by atoms with E-state index < -0.39 is 17.7 Å². The van der Waals surface area contributed by atoms with E-state index in [2.05, 4.69) is 10.5 Å². The third-order valence-electron chi connectivity index (χ3n) is 2.68. The number of esters is 1. The molecule has 2 aromatic rings. The first kappa shape index (κ1) is 14.7. The van der Waals surface area contributed by atoms with Gasteiger partial charge in [0.15, 0.2) is 0 Å². The van der Waals surface area contributed by atoms with Gasteiger partial charge in [0.25, 0.3) is 5.91 Å². The Kier molecular flexibility index (Phi) is 4.32. The summed E-state index contributed by atoms with van der Waals surface area (Å²) < 4.78 is 22.6. The van der Waals surface area contributed by atoms with Crippen LogP contribution in [-0.4, -0.2) is 23.6 Å².